The maximum atomic E-state index is 12.0. The van der Waals surface area contributed by atoms with E-state index in [-0.39, 0.29) is 16.6 Å². The van der Waals surface area contributed by atoms with E-state index in [0.29, 0.717) is 5.75 Å². The van der Waals surface area contributed by atoms with E-state index in [1.54, 1.807) is 6.92 Å². The number of hydrogen-bond donors (Lipinski definition) is 2. The number of halogens is 1. The van der Waals surface area contributed by atoms with Crippen LogP contribution in [0.4, 0.5) is 0 Å². The van der Waals surface area contributed by atoms with Gasteiger partial charge in [-0.2, -0.15) is 11.8 Å². The summed E-state index contributed by atoms with van der Waals surface area (Å²) in [6, 6.07) is 2.85. The Balaban J connectivity index is 2.81. The van der Waals surface area contributed by atoms with Gasteiger partial charge in [-0.3, -0.25) is 0 Å². The number of nitrogens with zero attached hydrogens (tertiary/aromatic N) is 1. The third-order valence-corrected chi connectivity index (χ3v) is 4.87. The summed E-state index contributed by atoms with van der Waals surface area (Å²) in [5.74, 6) is 0.427. The molecule has 0 radical (unpaired) electrons. The van der Waals surface area contributed by atoms with Gasteiger partial charge in [0.1, 0.15) is 10.0 Å². The first-order valence-corrected chi connectivity index (χ1v) is 8.35. The fraction of sp³-hybridized carbons (Fsp3) is 0.500. The molecule has 1 aromatic rings. The van der Waals surface area contributed by atoms with Crippen molar-refractivity contribution in [3.05, 3.63) is 23.5 Å². The summed E-state index contributed by atoms with van der Waals surface area (Å²) < 4.78 is 26.2. The number of nitrogens with one attached hydrogen (secondary N) is 1. The fourth-order valence-electron chi connectivity index (χ4n) is 1.26. The Morgan fingerprint density at radius 2 is 2.28 bits per heavy atom. The van der Waals surface area contributed by atoms with Crippen LogP contribution in [0, 0.1) is 0 Å². The zero-order valence-corrected chi connectivity index (χ0v) is 12.4. The van der Waals surface area contributed by atoms with Crippen molar-refractivity contribution in [2.24, 2.45) is 0 Å². The lowest BCUT2D eigenvalue weighted by atomic mass is 10.1. The highest BCUT2D eigenvalue weighted by Gasteiger charge is 2.25. The van der Waals surface area contributed by atoms with Crippen molar-refractivity contribution in [2.45, 2.75) is 17.4 Å². The highest BCUT2D eigenvalue weighted by atomic mass is 35.5. The first-order chi connectivity index (χ1) is 8.28. The zero-order valence-electron chi connectivity index (χ0n) is 10.1. The van der Waals surface area contributed by atoms with E-state index in [0.717, 1.165) is 0 Å². The highest BCUT2D eigenvalue weighted by Crippen LogP contribution is 2.18. The number of aromatic nitrogens is 1. The number of pyridine rings is 1. The number of sulfonamides is 1. The normalized spacial score (nSPS) is 15.3. The van der Waals surface area contributed by atoms with Crippen LogP contribution < -0.4 is 4.72 Å². The molecule has 102 valence electrons. The molecular weight excluding hydrogens is 296 g/mol. The van der Waals surface area contributed by atoms with Gasteiger partial charge in [0.05, 0.1) is 5.60 Å². The van der Waals surface area contributed by atoms with E-state index in [2.05, 4.69) is 9.71 Å². The monoisotopic (exact) mass is 310 g/mol. The first-order valence-electron chi connectivity index (χ1n) is 5.10. The molecule has 0 aliphatic carbocycles. The molecule has 0 amide bonds. The molecule has 1 aromatic heterocycles. The zero-order chi connectivity index (χ0) is 13.8. The van der Waals surface area contributed by atoms with Crippen LogP contribution in [0.3, 0.4) is 0 Å². The van der Waals surface area contributed by atoms with Crippen LogP contribution in [0.1, 0.15) is 6.92 Å². The summed E-state index contributed by atoms with van der Waals surface area (Å²) >= 11 is 7.16. The van der Waals surface area contributed by atoms with Crippen molar-refractivity contribution in [3.8, 4) is 0 Å². The summed E-state index contributed by atoms with van der Waals surface area (Å²) in [5.41, 5.74) is -1.11. The minimum Gasteiger partial charge on any atom is -0.388 e. The molecular formula is C10H15ClN2O3S2. The Hall–Kier alpha value is -0.340. The lowest BCUT2D eigenvalue weighted by Gasteiger charge is -2.22. The van der Waals surface area contributed by atoms with Gasteiger partial charge in [0.2, 0.25) is 10.0 Å². The molecule has 5 nitrogen and oxygen atoms in total. The van der Waals surface area contributed by atoms with Crippen molar-refractivity contribution in [2.75, 3.05) is 18.6 Å². The van der Waals surface area contributed by atoms with Crippen molar-refractivity contribution in [3.63, 3.8) is 0 Å². The number of hydrogen-bond acceptors (Lipinski definition) is 5. The summed E-state index contributed by atoms with van der Waals surface area (Å²) in [4.78, 5) is 3.61. The molecule has 0 aliphatic rings. The smallest absolute Gasteiger partial charge is 0.243 e. The van der Waals surface area contributed by atoms with Crippen molar-refractivity contribution < 1.29 is 13.5 Å². The van der Waals surface area contributed by atoms with Crippen LogP contribution in [0.2, 0.25) is 5.15 Å². The Morgan fingerprint density at radius 3 is 2.83 bits per heavy atom. The lowest BCUT2D eigenvalue weighted by Crippen LogP contribution is -2.42. The SMILES string of the molecule is CSCC(C)(O)CNS(=O)(=O)c1cccnc1Cl. The standard InChI is InChI=1S/C10H15ClN2O3S2/c1-10(14,7-17-2)6-13-18(15,16)8-4-3-5-12-9(8)11/h3-5,13-14H,6-7H2,1-2H3. The summed E-state index contributed by atoms with van der Waals surface area (Å²) in [6.45, 7) is 1.48. The quantitative estimate of drug-likeness (QED) is 0.770. The molecule has 18 heavy (non-hydrogen) atoms. The van der Waals surface area contributed by atoms with E-state index in [9.17, 15) is 13.5 Å². The van der Waals surface area contributed by atoms with Crippen LogP contribution in [-0.4, -0.2) is 42.7 Å². The average Bonchev–Trinajstić information content (AvgIpc) is 2.27. The van der Waals surface area contributed by atoms with Crippen LogP contribution in [0.25, 0.3) is 0 Å². The van der Waals surface area contributed by atoms with Gasteiger partial charge in [0.15, 0.2) is 0 Å². The second kappa shape index (κ2) is 6.21. The molecule has 8 heteroatoms. The number of thioether (sulfide) groups is 1. The largest absolute Gasteiger partial charge is 0.388 e. The molecule has 0 spiro atoms. The van der Waals surface area contributed by atoms with E-state index in [4.69, 9.17) is 11.6 Å². The van der Waals surface area contributed by atoms with Gasteiger partial charge in [-0.05, 0) is 25.3 Å². The van der Waals surface area contributed by atoms with Crippen molar-refractivity contribution in [1.82, 2.24) is 9.71 Å². The third-order valence-electron chi connectivity index (χ3n) is 2.11. The predicted octanol–water partition coefficient (Wildman–Crippen LogP) is 1.13. The topological polar surface area (TPSA) is 79.3 Å². The molecule has 0 saturated carbocycles. The molecule has 1 unspecified atom stereocenters. The Bertz CT molecular complexity index is 506. The molecule has 0 bridgehead atoms. The molecule has 1 heterocycles. The average molecular weight is 311 g/mol. The highest BCUT2D eigenvalue weighted by molar-refractivity contribution is 7.98. The maximum absolute atomic E-state index is 12.0. The minimum atomic E-state index is -3.76. The van der Waals surface area contributed by atoms with E-state index in [1.807, 2.05) is 6.26 Å². The van der Waals surface area contributed by atoms with Gasteiger partial charge in [0, 0.05) is 18.5 Å². The molecule has 1 atom stereocenters. The second-order valence-corrected chi connectivity index (χ2v) is 7.01. The van der Waals surface area contributed by atoms with Crippen LogP contribution in [0.15, 0.2) is 23.2 Å². The van der Waals surface area contributed by atoms with E-state index in [1.165, 1.54) is 30.1 Å². The molecule has 0 saturated heterocycles. The lowest BCUT2D eigenvalue weighted by molar-refractivity contribution is 0.0908. The minimum absolute atomic E-state index is 0.0819. The van der Waals surface area contributed by atoms with Gasteiger partial charge >= 0.3 is 0 Å². The number of rotatable bonds is 6. The molecule has 0 aliphatic heterocycles. The number of aliphatic hydroxyl groups is 1. The van der Waals surface area contributed by atoms with Gasteiger partial charge in [0.25, 0.3) is 0 Å². The van der Waals surface area contributed by atoms with Crippen LogP contribution >= 0.6 is 23.4 Å². The van der Waals surface area contributed by atoms with E-state index < -0.39 is 15.6 Å². The summed E-state index contributed by atoms with van der Waals surface area (Å²) in [7, 11) is -3.76. The van der Waals surface area contributed by atoms with Crippen molar-refractivity contribution >= 4 is 33.4 Å². The molecule has 2 N–H and O–H groups in total. The van der Waals surface area contributed by atoms with Gasteiger partial charge in [-0.1, -0.05) is 11.6 Å². The maximum Gasteiger partial charge on any atom is 0.243 e. The van der Waals surface area contributed by atoms with Gasteiger partial charge in [-0.25, -0.2) is 18.1 Å². The fourth-order valence-corrected chi connectivity index (χ4v) is 3.60. The van der Waals surface area contributed by atoms with E-state index >= 15 is 0 Å². The molecule has 1 rings (SSSR count). The first kappa shape index (κ1) is 15.7. The second-order valence-electron chi connectivity index (χ2n) is 4.05. The van der Waals surface area contributed by atoms with Gasteiger partial charge in [-0.15, -0.1) is 0 Å². The molecule has 0 fully saturated rings. The predicted molar refractivity (Wildman–Crippen MR) is 73.4 cm³/mol. The van der Waals surface area contributed by atoms with Crippen molar-refractivity contribution in [1.29, 1.82) is 0 Å². The molecule has 0 aromatic carbocycles. The Labute approximate surface area is 116 Å². The Kier molecular flexibility index (Phi) is 5.42. The third kappa shape index (κ3) is 4.40. The van der Waals surface area contributed by atoms with Crippen LogP contribution in [0.5, 0.6) is 0 Å². The van der Waals surface area contributed by atoms with Gasteiger partial charge < -0.3 is 5.11 Å². The van der Waals surface area contributed by atoms with Crippen LogP contribution in [-0.2, 0) is 10.0 Å². The summed E-state index contributed by atoms with van der Waals surface area (Å²) in [6.07, 6.45) is 3.24. The summed E-state index contributed by atoms with van der Waals surface area (Å²) in [5, 5.41) is 9.81. The Morgan fingerprint density at radius 1 is 1.61 bits per heavy atom.